The Morgan fingerprint density at radius 2 is 1.96 bits per heavy atom. The summed E-state index contributed by atoms with van der Waals surface area (Å²) in [6.07, 6.45) is 2.31. The number of likely N-dealkylation sites (tertiary alicyclic amines) is 1. The average Bonchev–Trinajstić information content (AvgIpc) is 3.21. The highest BCUT2D eigenvalue weighted by Crippen LogP contribution is 2.40. The van der Waals surface area contributed by atoms with Gasteiger partial charge in [-0.1, -0.05) is 0 Å². The Hall–Kier alpha value is -2.28. The van der Waals surface area contributed by atoms with Gasteiger partial charge in [-0.3, -0.25) is 9.59 Å². The number of aliphatic carboxylic acids is 1. The number of carboxylic acid groups (broad SMARTS) is 1. The number of hydrogen-bond acceptors (Lipinski definition) is 5. The molecule has 3 aliphatic rings. The van der Waals surface area contributed by atoms with E-state index in [1.807, 2.05) is 4.90 Å². The van der Waals surface area contributed by atoms with Gasteiger partial charge in [0.1, 0.15) is 6.04 Å². The Morgan fingerprint density at radius 3 is 2.67 bits per heavy atom. The third-order valence-electron chi connectivity index (χ3n) is 5.39. The van der Waals surface area contributed by atoms with Crippen LogP contribution in [0.1, 0.15) is 29.6 Å². The van der Waals surface area contributed by atoms with E-state index in [2.05, 4.69) is 5.32 Å². The fourth-order valence-electron chi connectivity index (χ4n) is 3.87. The molecule has 128 valence electrons. The molecule has 0 bridgehead atoms. The largest absolute Gasteiger partial charge is 0.480 e. The van der Waals surface area contributed by atoms with Crippen LogP contribution in [-0.2, 0) is 4.79 Å². The molecule has 0 saturated carbocycles. The van der Waals surface area contributed by atoms with Gasteiger partial charge in [-0.25, -0.2) is 0 Å². The summed E-state index contributed by atoms with van der Waals surface area (Å²) in [6, 6.07) is 4.80. The predicted molar refractivity (Wildman–Crippen MR) is 84.2 cm³/mol. The Kier molecular flexibility index (Phi) is 3.60. The van der Waals surface area contributed by atoms with Crippen molar-refractivity contribution in [2.75, 3.05) is 26.4 Å². The number of benzene rings is 1. The molecular formula is C17H20N2O5. The van der Waals surface area contributed by atoms with Crippen LogP contribution < -0.4 is 14.8 Å². The Balaban J connectivity index is 1.41. The molecule has 0 radical (unpaired) electrons. The molecule has 1 amide bonds. The van der Waals surface area contributed by atoms with Crippen LogP contribution in [0.4, 0.5) is 0 Å². The smallest absolute Gasteiger partial charge is 0.320 e. The van der Waals surface area contributed by atoms with Crippen molar-refractivity contribution in [3.8, 4) is 11.5 Å². The highest BCUT2D eigenvalue weighted by atomic mass is 16.7. The van der Waals surface area contributed by atoms with Gasteiger partial charge in [0.15, 0.2) is 11.5 Å². The summed E-state index contributed by atoms with van der Waals surface area (Å²) in [7, 11) is 0. The zero-order chi connectivity index (χ0) is 16.7. The number of amides is 1. The molecule has 4 rings (SSSR count). The molecule has 0 aliphatic carbocycles. The van der Waals surface area contributed by atoms with Crippen molar-refractivity contribution in [2.45, 2.75) is 25.3 Å². The summed E-state index contributed by atoms with van der Waals surface area (Å²) >= 11 is 0. The summed E-state index contributed by atoms with van der Waals surface area (Å²) in [5.41, 5.74) is 0.609. The molecule has 7 nitrogen and oxygen atoms in total. The molecule has 1 spiro atoms. The zero-order valence-electron chi connectivity index (χ0n) is 13.3. The third kappa shape index (κ3) is 2.58. The van der Waals surface area contributed by atoms with Crippen LogP contribution in [-0.4, -0.2) is 54.4 Å². The number of piperidine rings is 1. The van der Waals surface area contributed by atoms with E-state index in [9.17, 15) is 9.59 Å². The number of ether oxygens (including phenoxy) is 2. The monoisotopic (exact) mass is 332 g/mol. The van der Waals surface area contributed by atoms with Crippen molar-refractivity contribution in [2.24, 2.45) is 5.41 Å². The van der Waals surface area contributed by atoms with Crippen molar-refractivity contribution in [3.05, 3.63) is 23.8 Å². The summed E-state index contributed by atoms with van der Waals surface area (Å²) in [5, 5.41) is 12.2. The van der Waals surface area contributed by atoms with Crippen molar-refractivity contribution in [3.63, 3.8) is 0 Å². The number of carboxylic acids is 1. The molecule has 24 heavy (non-hydrogen) atoms. The lowest BCUT2D eigenvalue weighted by atomic mass is 9.76. The van der Waals surface area contributed by atoms with Crippen molar-refractivity contribution in [1.29, 1.82) is 0 Å². The minimum absolute atomic E-state index is 0.00865. The molecule has 2 saturated heterocycles. The Labute approximate surface area is 139 Å². The Morgan fingerprint density at radius 1 is 1.21 bits per heavy atom. The maximum Gasteiger partial charge on any atom is 0.320 e. The molecular weight excluding hydrogens is 312 g/mol. The standard InChI is InChI=1S/C17H20N2O5/c20-15(11-1-2-13-14(7-11)24-10-23-13)19-5-3-17(4-6-19)8-12(16(21)22)18-9-17/h1-2,7,12,18H,3-6,8-10H2,(H,21,22). The second kappa shape index (κ2) is 5.66. The van der Waals surface area contributed by atoms with Crippen LogP contribution in [0.25, 0.3) is 0 Å². The van der Waals surface area contributed by atoms with E-state index in [-0.39, 0.29) is 18.1 Å². The van der Waals surface area contributed by atoms with E-state index in [4.69, 9.17) is 14.6 Å². The molecule has 1 unspecified atom stereocenters. The number of nitrogens with zero attached hydrogens (tertiary/aromatic N) is 1. The topological polar surface area (TPSA) is 88.1 Å². The minimum atomic E-state index is -0.786. The van der Waals surface area contributed by atoms with Crippen LogP contribution in [0.3, 0.4) is 0 Å². The summed E-state index contributed by atoms with van der Waals surface area (Å²) in [6.45, 7) is 2.22. The molecule has 3 heterocycles. The van der Waals surface area contributed by atoms with Crippen molar-refractivity contribution in [1.82, 2.24) is 10.2 Å². The van der Waals surface area contributed by atoms with E-state index in [1.165, 1.54) is 0 Å². The van der Waals surface area contributed by atoms with E-state index < -0.39 is 12.0 Å². The molecule has 1 atom stereocenters. The normalized spacial score (nSPS) is 24.3. The maximum atomic E-state index is 12.7. The SMILES string of the molecule is O=C(O)C1CC2(CCN(C(=O)c3ccc4c(c3)OCO4)CC2)CN1. The van der Waals surface area contributed by atoms with Gasteiger partial charge in [-0.2, -0.15) is 0 Å². The number of carbonyl (C=O) groups is 2. The van der Waals surface area contributed by atoms with Gasteiger partial charge in [-0.05, 0) is 42.9 Å². The lowest BCUT2D eigenvalue weighted by Gasteiger charge is -2.39. The van der Waals surface area contributed by atoms with Crippen LogP contribution in [0, 0.1) is 5.41 Å². The first kappa shape index (κ1) is 15.3. The average molecular weight is 332 g/mol. The van der Waals surface area contributed by atoms with Crippen LogP contribution in [0.2, 0.25) is 0 Å². The number of fused-ring (bicyclic) bond motifs is 1. The van der Waals surface area contributed by atoms with Crippen LogP contribution in [0.5, 0.6) is 11.5 Å². The van der Waals surface area contributed by atoms with E-state index >= 15 is 0 Å². The molecule has 3 aliphatic heterocycles. The lowest BCUT2D eigenvalue weighted by molar-refractivity contribution is -0.139. The van der Waals surface area contributed by atoms with Crippen LogP contribution >= 0.6 is 0 Å². The zero-order valence-corrected chi connectivity index (χ0v) is 13.3. The van der Waals surface area contributed by atoms with Crippen molar-refractivity contribution < 1.29 is 24.2 Å². The predicted octanol–water partition coefficient (Wildman–Crippen LogP) is 1.08. The van der Waals surface area contributed by atoms with Gasteiger partial charge in [-0.15, -0.1) is 0 Å². The summed E-state index contributed by atoms with van der Waals surface area (Å²) < 4.78 is 10.6. The number of carbonyl (C=O) groups excluding carboxylic acids is 1. The third-order valence-corrected chi connectivity index (χ3v) is 5.39. The molecule has 1 aromatic carbocycles. The minimum Gasteiger partial charge on any atom is -0.480 e. The Bertz CT molecular complexity index is 682. The van der Waals surface area contributed by atoms with Crippen LogP contribution in [0.15, 0.2) is 18.2 Å². The molecule has 7 heteroatoms. The second-order valence-corrected chi connectivity index (χ2v) is 6.84. The van der Waals surface area contributed by atoms with Gasteiger partial charge in [0.2, 0.25) is 6.79 Å². The fraction of sp³-hybridized carbons (Fsp3) is 0.529. The molecule has 2 fully saturated rings. The fourth-order valence-corrected chi connectivity index (χ4v) is 3.87. The summed E-state index contributed by atoms with van der Waals surface area (Å²) in [4.78, 5) is 25.7. The van der Waals surface area contributed by atoms with Crippen molar-refractivity contribution >= 4 is 11.9 Å². The number of nitrogens with one attached hydrogen (secondary N) is 1. The highest BCUT2D eigenvalue weighted by molar-refractivity contribution is 5.95. The van der Waals surface area contributed by atoms with Gasteiger partial charge in [0, 0.05) is 25.2 Å². The first-order valence-electron chi connectivity index (χ1n) is 8.21. The highest BCUT2D eigenvalue weighted by Gasteiger charge is 2.44. The van der Waals surface area contributed by atoms with Gasteiger partial charge in [0.25, 0.3) is 5.91 Å². The summed E-state index contributed by atoms with van der Waals surface area (Å²) in [5.74, 6) is 0.481. The quantitative estimate of drug-likeness (QED) is 0.843. The van der Waals surface area contributed by atoms with Gasteiger partial charge >= 0.3 is 5.97 Å². The maximum absolute atomic E-state index is 12.7. The second-order valence-electron chi connectivity index (χ2n) is 6.84. The first-order chi connectivity index (χ1) is 11.6. The number of hydrogen-bond donors (Lipinski definition) is 2. The lowest BCUT2D eigenvalue weighted by Crippen LogP contribution is -2.44. The van der Waals surface area contributed by atoms with Gasteiger partial charge < -0.3 is 24.8 Å². The molecule has 1 aromatic rings. The molecule has 2 N–H and O–H groups in total. The van der Waals surface area contributed by atoms with E-state index in [1.54, 1.807) is 18.2 Å². The van der Waals surface area contributed by atoms with E-state index in [0.29, 0.717) is 36.6 Å². The van der Waals surface area contributed by atoms with E-state index in [0.717, 1.165) is 19.4 Å². The molecule has 0 aromatic heterocycles. The number of rotatable bonds is 2. The van der Waals surface area contributed by atoms with Gasteiger partial charge in [0.05, 0.1) is 0 Å². The first-order valence-corrected chi connectivity index (χ1v) is 8.21.